The molecule has 0 spiro atoms. The van der Waals surface area contributed by atoms with Crippen LogP contribution in [0.4, 0.5) is 0 Å². The van der Waals surface area contributed by atoms with Gasteiger partial charge in [-0.2, -0.15) is 0 Å². The molecule has 0 bridgehead atoms. The molecule has 6 nitrogen and oxygen atoms in total. The Hall–Kier alpha value is -1.99. The van der Waals surface area contributed by atoms with E-state index in [2.05, 4.69) is 32.1 Å². The number of aromatic nitrogens is 1. The van der Waals surface area contributed by atoms with Crippen molar-refractivity contribution in [3.63, 3.8) is 0 Å². The Balaban J connectivity index is 1.17. The minimum atomic E-state index is 0.0794. The Morgan fingerprint density at radius 3 is 2.69 bits per heavy atom. The number of likely N-dealkylation sites (tertiary alicyclic amines) is 1. The van der Waals surface area contributed by atoms with Crippen molar-refractivity contribution in [2.24, 2.45) is 5.92 Å². The summed E-state index contributed by atoms with van der Waals surface area (Å²) in [5, 5.41) is 3.80. The van der Waals surface area contributed by atoms with E-state index in [1.54, 1.807) is 0 Å². The summed E-state index contributed by atoms with van der Waals surface area (Å²) in [6.07, 6.45) is 7.75. The number of benzene rings is 1. The van der Waals surface area contributed by atoms with Gasteiger partial charge in [0.2, 0.25) is 5.91 Å². The fourth-order valence-electron chi connectivity index (χ4n) is 4.16. The Morgan fingerprint density at radius 1 is 1.17 bits per heavy atom. The van der Waals surface area contributed by atoms with Crippen LogP contribution in [0.15, 0.2) is 48.8 Å². The smallest absolute Gasteiger partial charge is 0.224 e. The van der Waals surface area contributed by atoms with Crippen LogP contribution in [0.3, 0.4) is 0 Å². The molecule has 3 heterocycles. The van der Waals surface area contributed by atoms with Gasteiger partial charge in [0.05, 0.1) is 18.6 Å². The van der Waals surface area contributed by atoms with Crippen LogP contribution >= 0.6 is 11.6 Å². The highest BCUT2D eigenvalue weighted by atomic mass is 35.5. The zero-order valence-electron chi connectivity index (χ0n) is 16.5. The van der Waals surface area contributed by atoms with Crippen molar-refractivity contribution >= 4 is 17.5 Å². The second-order valence-electron chi connectivity index (χ2n) is 7.97. The molecule has 2 unspecified atom stereocenters. The standard InChI is InChI=1S/C22H28ClN5O/c23-19-5-3-16(4-6-19)12-22(29)25-14-17-7-10-28(11-8-17)21-13-20(26-27-21)18-2-1-9-24-15-18/h1-6,9,15,17,20-21,26-27H,7-8,10-14H2,(H,25,29). The molecule has 7 heteroatoms. The monoisotopic (exact) mass is 413 g/mol. The first-order valence-corrected chi connectivity index (χ1v) is 10.7. The first-order chi connectivity index (χ1) is 14.2. The third-order valence-corrected chi connectivity index (χ3v) is 6.18. The van der Waals surface area contributed by atoms with Gasteiger partial charge in [0.25, 0.3) is 0 Å². The van der Waals surface area contributed by atoms with Crippen LogP contribution in [0.2, 0.25) is 5.02 Å². The van der Waals surface area contributed by atoms with Crippen molar-refractivity contribution in [3.8, 4) is 0 Å². The molecule has 0 aliphatic carbocycles. The van der Waals surface area contributed by atoms with Crippen molar-refractivity contribution in [1.82, 2.24) is 26.1 Å². The first kappa shape index (κ1) is 20.3. The molecule has 2 fully saturated rings. The topological polar surface area (TPSA) is 69.3 Å². The molecule has 2 atom stereocenters. The van der Waals surface area contributed by atoms with E-state index in [1.807, 2.05) is 42.7 Å². The van der Waals surface area contributed by atoms with Crippen LogP contribution in [0.1, 0.15) is 36.4 Å². The predicted molar refractivity (Wildman–Crippen MR) is 114 cm³/mol. The quantitative estimate of drug-likeness (QED) is 0.679. The maximum absolute atomic E-state index is 12.2. The number of carbonyl (C=O) groups excluding carboxylic acids is 1. The number of hydrogen-bond donors (Lipinski definition) is 3. The van der Waals surface area contributed by atoms with Crippen molar-refractivity contribution in [3.05, 3.63) is 64.9 Å². The third kappa shape index (κ3) is 5.54. The van der Waals surface area contributed by atoms with Crippen molar-refractivity contribution in [2.45, 2.75) is 37.9 Å². The molecular formula is C22H28ClN5O. The highest BCUT2D eigenvalue weighted by molar-refractivity contribution is 6.30. The normalized spacial score (nSPS) is 23.2. The highest BCUT2D eigenvalue weighted by Gasteiger charge is 2.31. The maximum atomic E-state index is 12.2. The summed E-state index contributed by atoms with van der Waals surface area (Å²) in [6, 6.07) is 11.9. The van der Waals surface area contributed by atoms with E-state index in [4.69, 9.17) is 11.6 Å². The lowest BCUT2D eigenvalue weighted by atomic mass is 9.95. The second kappa shape index (κ2) is 9.67. The number of nitrogens with one attached hydrogen (secondary N) is 3. The van der Waals surface area contributed by atoms with Crippen LogP contribution in [0, 0.1) is 5.92 Å². The number of carbonyl (C=O) groups is 1. The molecule has 2 aliphatic heterocycles. The Kier molecular flexibility index (Phi) is 6.77. The fraction of sp³-hybridized carbons (Fsp3) is 0.455. The number of halogens is 1. The molecule has 2 aliphatic rings. The van der Waals surface area contributed by atoms with Gasteiger partial charge in [-0.15, -0.1) is 0 Å². The maximum Gasteiger partial charge on any atom is 0.224 e. The fourth-order valence-corrected chi connectivity index (χ4v) is 4.28. The summed E-state index contributed by atoms with van der Waals surface area (Å²) in [7, 11) is 0. The Morgan fingerprint density at radius 2 is 1.97 bits per heavy atom. The summed E-state index contributed by atoms with van der Waals surface area (Å²) in [6.45, 7) is 2.86. The van der Waals surface area contributed by atoms with Crippen LogP contribution in [0.5, 0.6) is 0 Å². The number of rotatable bonds is 6. The molecule has 3 N–H and O–H groups in total. The first-order valence-electron chi connectivity index (χ1n) is 10.3. The average Bonchev–Trinajstić information content (AvgIpc) is 3.25. The number of nitrogens with zero attached hydrogens (tertiary/aromatic N) is 2. The van der Waals surface area contributed by atoms with Crippen molar-refractivity contribution in [2.75, 3.05) is 19.6 Å². The minimum Gasteiger partial charge on any atom is -0.356 e. The Bertz CT molecular complexity index is 793. The Labute approximate surface area is 177 Å². The average molecular weight is 414 g/mol. The van der Waals surface area contributed by atoms with Crippen LogP contribution < -0.4 is 16.2 Å². The van der Waals surface area contributed by atoms with Gasteiger partial charge in [-0.05, 0) is 67.6 Å². The van der Waals surface area contributed by atoms with Crippen LogP contribution in [0.25, 0.3) is 0 Å². The number of piperidine rings is 1. The molecule has 0 radical (unpaired) electrons. The van der Waals surface area contributed by atoms with E-state index in [0.29, 0.717) is 29.6 Å². The van der Waals surface area contributed by atoms with Gasteiger partial charge in [0.1, 0.15) is 0 Å². The van der Waals surface area contributed by atoms with E-state index >= 15 is 0 Å². The van der Waals surface area contributed by atoms with Crippen molar-refractivity contribution in [1.29, 1.82) is 0 Å². The summed E-state index contributed by atoms with van der Waals surface area (Å²) < 4.78 is 0. The SMILES string of the molecule is O=C(Cc1ccc(Cl)cc1)NCC1CCN(C2CC(c3cccnc3)NN2)CC1. The molecule has 1 amide bonds. The van der Waals surface area contributed by atoms with E-state index in [1.165, 1.54) is 5.56 Å². The predicted octanol–water partition coefficient (Wildman–Crippen LogP) is 2.67. The van der Waals surface area contributed by atoms with Gasteiger partial charge in [0.15, 0.2) is 0 Å². The third-order valence-electron chi connectivity index (χ3n) is 5.93. The number of hydrazine groups is 1. The van der Waals surface area contributed by atoms with Gasteiger partial charge >= 0.3 is 0 Å². The number of pyridine rings is 1. The minimum absolute atomic E-state index is 0.0794. The van der Waals surface area contributed by atoms with Gasteiger partial charge in [-0.3, -0.25) is 14.7 Å². The van der Waals surface area contributed by atoms with Gasteiger partial charge < -0.3 is 5.32 Å². The molecule has 29 heavy (non-hydrogen) atoms. The summed E-state index contributed by atoms with van der Waals surface area (Å²) >= 11 is 5.89. The lowest BCUT2D eigenvalue weighted by Gasteiger charge is -2.35. The van der Waals surface area contributed by atoms with Gasteiger partial charge in [-0.1, -0.05) is 29.8 Å². The molecule has 4 rings (SSSR count). The van der Waals surface area contributed by atoms with E-state index in [-0.39, 0.29) is 5.91 Å². The molecule has 2 saturated heterocycles. The summed E-state index contributed by atoms with van der Waals surface area (Å²) in [4.78, 5) is 18.9. The second-order valence-corrected chi connectivity index (χ2v) is 8.40. The number of hydrogen-bond acceptors (Lipinski definition) is 5. The number of amides is 1. The summed E-state index contributed by atoms with van der Waals surface area (Å²) in [5.41, 5.74) is 9.05. The molecule has 0 saturated carbocycles. The van der Waals surface area contributed by atoms with Crippen LogP contribution in [-0.4, -0.2) is 41.6 Å². The van der Waals surface area contributed by atoms with E-state index in [0.717, 1.165) is 44.5 Å². The van der Waals surface area contributed by atoms with Crippen molar-refractivity contribution < 1.29 is 4.79 Å². The zero-order valence-corrected chi connectivity index (χ0v) is 17.2. The molecule has 2 aromatic rings. The molecule has 154 valence electrons. The lowest BCUT2D eigenvalue weighted by Crippen LogP contribution is -2.49. The lowest BCUT2D eigenvalue weighted by molar-refractivity contribution is -0.120. The molecule has 1 aromatic heterocycles. The van der Waals surface area contributed by atoms with Crippen LogP contribution in [-0.2, 0) is 11.2 Å². The summed E-state index contributed by atoms with van der Waals surface area (Å²) in [5.74, 6) is 0.625. The molecule has 1 aromatic carbocycles. The highest BCUT2D eigenvalue weighted by Crippen LogP contribution is 2.26. The molecular weight excluding hydrogens is 386 g/mol. The zero-order chi connectivity index (χ0) is 20.1. The van der Waals surface area contributed by atoms with E-state index < -0.39 is 0 Å². The van der Waals surface area contributed by atoms with Gasteiger partial charge in [-0.25, -0.2) is 10.9 Å². The van der Waals surface area contributed by atoms with Gasteiger partial charge in [0, 0.05) is 24.0 Å². The van der Waals surface area contributed by atoms with E-state index in [9.17, 15) is 4.79 Å². The largest absolute Gasteiger partial charge is 0.356 e.